The van der Waals surface area contributed by atoms with Gasteiger partial charge in [0.2, 0.25) is 5.91 Å². The number of nitrogens with one attached hydrogen (secondary N) is 1. The Morgan fingerprint density at radius 3 is 1.14 bits per heavy atom. The summed E-state index contributed by atoms with van der Waals surface area (Å²) in [6, 6.07) is -0.627. The molecule has 0 rings (SSSR count). The van der Waals surface area contributed by atoms with Crippen molar-refractivity contribution >= 4 is 11.9 Å². The van der Waals surface area contributed by atoms with Gasteiger partial charge in [-0.05, 0) is 83.5 Å². The SMILES string of the molecule is CCCCC/C=C\CCCCCCCC(=O)OCCCCCCCCCCCCCC/C=C\CCCCCCCCCCCCC(=O)NC(CO)C(O)/C=C/CCCCCCCCC. The Morgan fingerprint density at radius 2 is 0.734 bits per heavy atom. The Bertz CT molecular complexity index is 1040. The minimum Gasteiger partial charge on any atom is -0.466 e. The summed E-state index contributed by atoms with van der Waals surface area (Å²) in [5.41, 5.74) is 0. The van der Waals surface area contributed by atoms with E-state index < -0.39 is 12.1 Å². The second-order valence-corrected chi connectivity index (χ2v) is 19.3. The predicted octanol–water partition coefficient (Wildman–Crippen LogP) is 17.2. The average molecular weight is 901 g/mol. The number of amides is 1. The van der Waals surface area contributed by atoms with E-state index in [4.69, 9.17) is 4.74 Å². The Kier molecular flexibility index (Phi) is 52.1. The van der Waals surface area contributed by atoms with Gasteiger partial charge in [0, 0.05) is 12.8 Å². The number of allylic oxidation sites excluding steroid dienone is 5. The van der Waals surface area contributed by atoms with Crippen LogP contribution in [0.25, 0.3) is 0 Å². The maximum atomic E-state index is 12.4. The van der Waals surface area contributed by atoms with Crippen LogP contribution >= 0.6 is 0 Å². The highest BCUT2D eigenvalue weighted by Crippen LogP contribution is 2.16. The molecule has 64 heavy (non-hydrogen) atoms. The summed E-state index contributed by atoms with van der Waals surface area (Å²) in [5, 5.41) is 22.9. The normalized spacial score (nSPS) is 12.9. The highest BCUT2D eigenvalue weighted by molar-refractivity contribution is 5.76. The van der Waals surface area contributed by atoms with E-state index in [0.29, 0.717) is 19.4 Å². The van der Waals surface area contributed by atoms with Gasteiger partial charge in [-0.1, -0.05) is 237 Å². The molecule has 0 heterocycles. The highest BCUT2D eigenvalue weighted by Gasteiger charge is 2.18. The molecule has 0 aliphatic heterocycles. The van der Waals surface area contributed by atoms with Crippen LogP contribution in [0.5, 0.6) is 0 Å². The van der Waals surface area contributed by atoms with Gasteiger partial charge in [-0.15, -0.1) is 0 Å². The maximum absolute atomic E-state index is 12.4. The van der Waals surface area contributed by atoms with E-state index in [2.05, 4.69) is 43.5 Å². The lowest BCUT2D eigenvalue weighted by Crippen LogP contribution is -2.45. The molecule has 0 aliphatic rings. The van der Waals surface area contributed by atoms with Crippen LogP contribution in [0.2, 0.25) is 0 Å². The first kappa shape index (κ1) is 62.1. The first-order valence-corrected chi connectivity index (χ1v) is 28.3. The highest BCUT2D eigenvalue weighted by atomic mass is 16.5. The lowest BCUT2D eigenvalue weighted by Gasteiger charge is -2.20. The number of esters is 1. The maximum Gasteiger partial charge on any atom is 0.305 e. The molecule has 6 nitrogen and oxygen atoms in total. The zero-order valence-electron chi connectivity index (χ0n) is 42.8. The molecule has 376 valence electrons. The minimum absolute atomic E-state index is 0.00320. The van der Waals surface area contributed by atoms with Crippen molar-refractivity contribution in [2.24, 2.45) is 0 Å². The second-order valence-electron chi connectivity index (χ2n) is 19.3. The van der Waals surface area contributed by atoms with Crippen LogP contribution in [-0.4, -0.2) is 47.4 Å². The van der Waals surface area contributed by atoms with Gasteiger partial charge in [-0.3, -0.25) is 9.59 Å². The van der Waals surface area contributed by atoms with Crippen molar-refractivity contribution in [1.29, 1.82) is 0 Å². The van der Waals surface area contributed by atoms with Crippen LogP contribution in [0.1, 0.15) is 296 Å². The number of unbranched alkanes of at least 4 members (excludes halogenated alkanes) is 37. The number of aliphatic hydroxyl groups excluding tert-OH is 2. The predicted molar refractivity (Wildman–Crippen MR) is 278 cm³/mol. The third-order valence-electron chi connectivity index (χ3n) is 12.9. The Hall–Kier alpha value is -1.92. The zero-order chi connectivity index (χ0) is 46.5. The lowest BCUT2D eigenvalue weighted by molar-refractivity contribution is -0.143. The van der Waals surface area contributed by atoms with Crippen LogP contribution in [0, 0.1) is 0 Å². The second kappa shape index (κ2) is 53.7. The fraction of sp³-hybridized carbons (Fsp3) is 0.862. The molecule has 0 aliphatic carbocycles. The smallest absolute Gasteiger partial charge is 0.305 e. The van der Waals surface area contributed by atoms with Gasteiger partial charge in [0.25, 0.3) is 0 Å². The average Bonchev–Trinajstić information content (AvgIpc) is 3.29. The molecule has 0 bridgehead atoms. The lowest BCUT2D eigenvalue weighted by atomic mass is 10.0. The van der Waals surface area contributed by atoms with E-state index >= 15 is 0 Å². The molecule has 0 saturated heterocycles. The minimum atomic E-state index is -0.843. The number of carbonyl (C=O) groups is 2. The van der Waals surface area contributed by atoms with Crippen LogP contribution in [-0.2, 0) is 14.3 Å². The number of hydrogen-bond donors (Lipinski definition) is 3. The molecule has 0 spiro atoms. The molecule has 2 unspecified atom stereocenters. The summed E-state index contributed by atoms with van der Waals surface area (Å²) in [7, 11) is 0. The first-order chi connectivity index (χ1) is 31.5. The summed E-state index contributed by atoms with van der Waals surface area (Å²) in [6.45, 7) is 4.85. The van der Waals surface area contributed by atoms with E-state index in [1.165, 1.54) is 225 Å². The number of ether oxygens (including phenoxy) is 1. The Morgan fingerprint density at radius 1 is 0.422 bits per heavy atom. The number of aliphatic hydroxyl groups is 2. The quantitative estimate of drug-likeness (QED) is 0.0321. The summed E-state index contributed by atoms with van der Waals surface area (Å²) in [6.07, 6.45) is 66.1. The summed E-state index contributed by atoms with van der Waals surface area (Å²) < 4.78 is 5.46. The van der Waals surface area contributed by atoms with Crippen molar-refractivity contribution in [3.05, 3.63) is 36.5 Å². The molecule has 6 heteroatoms. The Balaban J connectivity index is 3.38. The Labute approximate surface area is 398 Å². The van der Waals surface area contributed by atoms with Gasteiger partial charge in [0.05, 0.1) is 25.4 Å². The van der Waals surface area contributed by atoms with Gasteiger partial charge in [0.1, 0.15) is 0 Å². The molecular formula is C58H109NO5. The van der Waals surface area contributed by atoms with Gasteiger partial charge < -0.3 is 20.3 Å². The van der Waals surface area contributed by atoms with Crippen molar-refractivity contribution in [2.45, 2.75) is 309 Å². The number of rotatable bonds is 52. The zero-order valence-corrected chi connectivity index (χ0v) is 42.8. The van der Waals surface area contributed by atoms with Gasteiger partial charge in [0.15, 0.2) is 0 Å². The van der Waals surface area contributed by atoms with Crippen LogP contribution < -0.4 is 5.32 Å². The van der Waals surface area contributed by atoms with E-state index in [0.717, 1.165) is 44.9 Å². The number of carbonyl (C=O) groups excluding carboxylic acids is 2. The van der Waals surface area contributed by atoms with Gasteiger partial charge >= 0.3 is 5.97 Å². The standard InChI is InChI=1S/C58H109NO5/c1-3-5-7-9-11-13-14-32-36-40-44-48-52-58(63)64-53-49-45-41-37-33-30-28-26-24-22-20-18-16-15-17-19-21-23-25-27-29-31-35-39-43-47-51-57(62)59-55(54-60)56(61)50-46-42-38-34-12-10-8-6-4-2/h11,13,15,17,46,50,55-56,60-61H,3-10,12,14,16,18-45,47-49,51-54H2,1-2H3,(H,59,62)/b13-11-,17-15-,50-46+. The molecular weight excluding hydrogens is 791 g/mol. The summed E-state index contributed by atoms with van der Waals surface area (Å²) in [5.74, 6) is -0.0696. The van der Waals surface area contributed by atoms with Crippen LogP contribution in [0.4, 0.5) is 0 Å². The molecule has 1 amide bonds. The summed E-state index contributed by atoms with van der Waals surface area (Å²) in [4.78, 5) is 24.4. The molecule has 3 N–H and O–H groups in total. The van der Waals surface area contributed by atoms with Gasteiger partial charge in [-0.25, -0.2) is 0 Å². The van der Waals surface area contributed by atoms with Crippen molar-refractivity contribution < 1.29 is 24.5 Å². The van der Waals surface area contributed by atoms with E-state index in [1.807, 2.05) is 6.08 Å². The monoisotopic (exact) mass is 900 g/mol. The van der Waals surface area contributed by atoms with E-state index in [9.17, 15) is 19.8 Å². The molecule has 0 aromatic rings. The van der Waals surface area contributed by atoms with Crippen LogP contribution in [0.3, 0.4) is 0 Å². The molecule has 0 radical (unpaired) electrons. The first-order valence-electron chi connectivity index (χ1n) is 28.3. The van der Waals surface area contributed by atoms with Crippen molar-refractivity contribution in [2.75, 3.05) is 13.2 Å². The molecule has 0 aromatic heterocycles. The third kappa shape index (κ3) is 49.5. The fourth-order valence-corrected chi connectivity index (χ4v) is 8.50. The van der Waals surface area contributed by atoms with Gasteiger partial charge in [-0.2, -0.15) is 0 Å². The molecule has 0 fully saturated rings. The van der Waals surface area contributed by atoms with Crippen LogP contribution in [0.15, 0.2) is 36.5 Å². The van der Waals surface area contributed by atoms with Crippen molar-refractivity contribution in [3.8, 4) is 0 Å². The van der Waals surface area contributed by atoms with Crippen molar-refractivity contribution in [1.82, 2.24) is 5.32 Å². The largest absolute Gasteiger partial charge is 0.466 e. The number of hydrogen-bond acceptors (Lipinski definition) is 5. The molecule has 2 atom stereocenters. The molecule has 0 aromatic carbocycles. The fourth-order valence-electron chi connectivity index (χ4n) is 8.50. The molecule has 0 saturated carbocycles. The summed E-state index contributed by atoms with van der Waals surface area (Å²) >= 11 is 0. The van der Waals surface area contributed by atoms with E-state index in [1.54, 1.807) is 6.08 Å². The third-order valence-corrected chi connectivity index (χ3v) is 12.9. The van der Waals surface area contributed by atoms with Crippen molar-refractivity contribution in [3.63, 3.8) is 0 Å². The van der Waals surface area contributed by atoms with E-state index in [-0.39, 0.29) is 18.5 Å². The topological polar surface area (TPSA) is 95.9 Å².